The Morgan fingerprint density at radius 2 is 2.30 bits per heavy atom. The number of carbonyl (C=O) groups excluding carboxylic acids is 1. The van der Waals surface area contributed by atoms with E-state index < -0.39 is 0 Å². The van der Waals surface area contributed by atoms with Gasteiger partial charge in [0.2, 0.25) is 0 Å². The molecule has 1 atom stereocenters. The minimum absolute atomic E-state index is 0.332. The molecule has 1 aliphatic rings. The third kappa shape index (κ3) is 3.05. The van der Waals surface area contributed by atoms with E-state index in [0.717, 1.165) is 54.0 Å². The van der Waals surface area contributed by atoms with Gasteiger partial charge in [0.1, 0.15) is 5.56 Å². The number of aryl methyl sites for hydroxylation is 2. The summed E-state index contributed by atoms with van der Waals surface area (Å²) in [5.41, 5.74) is 4.16. The van der Waals surface area contributed by atoms with Crippen LogP contribution in [0.25, 0.3) is 11.0 Å². The topological polar surface area (TPSA) is 88.9 Å². The van der Waals surface area contributed by atoms with E-state index in [1.807, 2.05) is 27.0 Å². The Labute approximate surface area is 157 Å². The average Bonchev–Trinajstić information content (AvgIpc) is 3.30. The molecule has 1 fully saturated rings. The number of aromatic nitrogens is 5. The summed E-state index contributed by atoms with van der Waals surface area (Å²) in [4.78, 5) is 19.4. The molecule has 1 N–H and O–H groups in total. The smallest absolute Gasteiger partial charge is 0.341 e. The minimum Gasteiger partial charge on any atom is -0.462 e. The largest absolute Gasteiger partial charge is 0.462 e. The van der Waals surface area contributed by atoms with E-state index in [-0.39, 0.29) is 5.97 Å². The van der Waals surface area contributed by atoms with Crippen molar-refractivity contribution in [1.29, 1.82) is 0 Å². The number of hydrogen-bond acceptors (Lipinski definition) is 6. The normalized spacial score (nSPS) is 17.4. The van der Waals surface area contributed by atoms with E-state index in [4.69, 9.17) is 4.74 Å². The third-order valence-electron chi connectivity index (χ3n) is 5.19. The average molecular weight is 368 g/mol. The molecule has 27 heavy (non-hydrogen) atoms. The molecular formula is C19H24N6O2. The number of nitrogens with one attached hydrogen (secondary N) is 1. The van der Waals surface area contributed by atoms with Crippen LogP contribution < -0.4 is 4.90 Å². The van der Waals surface area contributed by atoms with Crippen LogP contribution >= 0.6 is 0 Å². The second-order valence-electron chi connectivity index (χ2n) is 6.95. The predicted octanol–water partition coefficient (Wildman–Crippen LogP) is 2.56. The molecule has 1 aliphatic heterocycles. The zero-order valence-corrected chi connectivity index (χ0v) is 15.9. The Hall–Kier alpha value is -2.90. The van der Waals surface area contributed by atoms with Gasteiger partial charge in [0.25, 0.3) is 0 Å². The van der Waals surface area contributed by atoms with Gasteiger partial charge in [0.15, 0.2) is 5.65 Å². The highest BCUT2D eigenvalue weighted by molar-refractivity contribution is 6.05. The van der Waals surface area contributed by atoms with Crippen molar-refractivity contribution in [3.05, 3.63) is 35.4 Å². The Kier molecular flexibility index (Phi) is 4.55. The first-order valence-corrected chi connectivity index (χ1v) is 9.33. The molecule has 0 aromatic carbocycles. The van der Waals surface area contributed by atoms with Crippen molar-refractivity contribution in [3.8, 4) is 0 Å². The van der Waals surface area contributed by atoms with E-state index in [1.54, 1.807) is 17.1 Å². The molecule has 8 heteroatoms. The molecule has 0 radical (unpaired) electrons. The fourth-order valence-electron chi connectivity index (χ4n) is 4.01. The number of H-pyrrole nitrogens is 1. The number of aromatic amines is 1. The van der Waals surface area contributed by atoms with E-state index in [9.17, 15) is 4.79 Å². The molecule has 3 aromatic rings. The van der Waals surface area contributed by atoms with E-state index >= 15 is 0 Å². The Morgan fingerprint density at radius 3 is 3.04 bits per heavy atom. The minimum atomic E-state index is -0.339. The summed E-state index contributed by atoms with van der Waals surface area (Å²) in [5, 5.41) is 12.6. The number of nitrogens with zero attached hydrogens (tertiary/aromatic N) is 5. The lowest BCUT2D eigenvalue weighted by Gasteiger charge is -2.35. The van der Waals surface area contributed by atoms with Gasteiger partial charge in [-0.3, -0.25) is 9.78 Å². The molecule has 1 saturated heterocycles. The fraction of sp³-hybridized carbons (Fsp3) is 0.474. The summed E-state index contributed by atoms with van der Waals surface area (Å²) >= 11 is 0. The van der Waals surface area contributed by atoms with Crippen LogP contribution in [0.3, 0.4) is 0 Å². The van der Waals surface area contributed by atoms with Gasteiger partial charge in [-0.25, -0.2) is 9.78 Å². The molecule has 0 amide bonds. The maximum absolute atomic E-state index is 12.6. The highest BCUT2D eigenvalue weighted by Crippen LogP contribution is 2.36. The first kappa shape index (κ1) is 17.5. The van der Waals surface area contributed by atoms with Crippen molar-refractivity contribution in [2.45, 2.75) is 32.6 Å². The molecule has 142 valence electrons. The van der Waals surface area contributed by atoms with E-state index in [2.05, 4.69) is 25.2 Å². The van der Waals surface area contributed by atoms with Crippen LogP contribution in [0.5, 0.6) is 0 Å². The molecule has 4 heterocycles. The maximum atomic E-state index is 12.6. The summed E-state index contributed by atoms with van der Waals surface area (Å²) in [6, 6.07) is 2.03. The van der Waals surface area contributed by atoms with Crippen molar-refractivity contribution in [2.75, 3.05) is 24.6 Å². The number of esters is 1. The van der Waals surface area contributed by atoms with Crippen molar-refractivity contribution >= 4 is 22.7 Å². The van der Waals surface area contributed by atoms with Gasteiger partial charge in [-0.15, -0.1) is 0 Å². The zero-order valence-electron chi connectivity index (χ0n) is 15.9. The number of anilines is 1. The molecular weight excluding hydrogens is 344 g/mol. The van der Waals surface area contributed by atoms with Gasteiger partial charge in [0, 0.05) is 44.1 Å². The van der Waals surface area contributed by atoms with Crippen molar-refractivity contribution in [3.63, 3.8) is 0 Å². The van der Waals surface area contributed by atoms with Gasteiger partial charge in [0.05, 0.1) is 23.4 Å². The molecule has 0 spiro atoms. The Morgan fingerprint density at radius 1 is 1.44 bits per heavy atom. The highest BCUT2D eigenvalue weighted by Gasteiger charge is 2.29. The number of piperidine rings is 1. The number of ether oxygens (including phenoxy) is 1. The van der Waals surface area contributed by atoms with Gasteiger partial charge in [-0.05, 0) is 32.8 Å². The molecule has 3 aromatic heterocycles. The van der Waals surface area contributed by atoms with Crippen LogP contribution in [-0.2, 0) is 11.8 Å². The van der Waals surface area contributed by atoms with Crippen LogP contribution in [0.1, 0.15) is 47.4 Å². The summed E-state index contributed by atoms with van der Waals surface area (Å²) in [7, 11) is 1.87. The predicted molar refractivity (Wildman–Crippen MR) is 102 cm³/mol. The van der Waals surface area contributed by atoms with Gasteiger partial charge >= 0.3 is 5.97 Å². The van der Waals surface area contributed by atoms with Gasteiger partial charge in [-0.2, -0.15) is 10.2 Å². The SMILES string of the molecule is CCOC(=O)c1cnc2c(c(C)nn2C)c1N1CCCC(c2ccn[nH]2)C1. The second kappa shape index (κ2) is 7.02. The molecule has 0 saturated carbocycles. The molecule has 0 aliphatic carbocycles. The molecule has 4 rings (SSSR count). The van der Waals surface area contributed by atoms with Crippen molar-refractivity contribution < 1.29 is 9.53 Å². The van der Waals surface area contributed by atoms with Crippen molar-refractivity contribution in [1.82, 2.24) is 25.0 Å². The molecule has 1 unspecified atom stereocenters. The van der Waals surface area contributed by atoms with Crippen LogP contribution in [0.15, 0.2) is 18.5 Å². The van der Waals surface area contributed by atoms with Gasteiger partial charge in [-0.1, -0.05) is 0 Å². The first-order chi connectivity index (χ1) is 13.1. The summed E-state index contributed by atoms with van der Waals surface area (Å²) in [6.45, 7) is 5.79. The lowest BCUT2D eigenvalue weighted by molar-refractivity contribution is 0.0526. The Balaban J connectivity index is 1.82. The van der Waals surface area contributed by atoms with E-state index in [0.29, 0.717) is 18.1 Å². The number of rotatable bonds is 4. The number of carbonyl (C=O) groups is 1. The highest BCUT2D eigenvalue weighted by atomic mass is 16.5. The van der Waals surface area contributed by atoms with Gasteiger partial charge < -0.3 is 9.64 Å². The number of fused-ring (bicyclic) bond motifs is 1. The lowest BCUT2D eigenvalue weighted by Crippen LogP contribution is -2.36. The quantitative estimate of drug-likeness (QED) is 0.712. The summed E-state index contributed by atoms with van der Waals surface area (Å²) in [5.74, 6) is 0.00491. The van der Waals surface area contributed by atoms with Crippen LogP contribution in [-0.4, -0.2) is 50.6 Å². The number of hydrogen-bond donors (Lipinski definition) is 1. The molecule has 0 bridgehead atoms. The number of pyridine rings is 1. The van der Waals surface area contributed by atoms with Crippen LogP contribution in [0.4, 0.5) is 5.69 Å². The first-order valence-electron chi connectivity index (χ1n) is 9.33. The summed E-state index contributed by atoms with van der Waals surface area (Å²) in [6.07, 6.45) is 5.54. The monoisotopic (exact) mass is 368 g/mol. The molecule has 8 nitrogen and oxygen atoms in total. The lowest BCUT2D eigenvalue weighted by atomic mass is 9.93. The van der Waals surface area contributed by atoms with Crippen molar-refractivity contribution in [2.24, 2.45) is 7.05 Å². The van der Waals surface area contributed by atoms with Crippen LogP contribution in [0.2, 0.25) is 0 Å². The maximum Gasteiger partial charge on any atom is 0.341 e. The zero-order chi connectivity index (χ0) is 19.0. The Bertz CT molecular complexity index is 962. The van der Waals surface area contributed by atoms with Crippen LogP contribution in [0, 0.1) is 6.92 Å². The fourth-order valence-corrected chi connectivity index (χ4v) is 4.01. The standard InChI is InChI=1S/C19H24N6O2/c1-4-27-19(26)14-10-20-18-16(12(2)23-24(18)3)17(14)25-9-5-6-13(11-25)15-7-8-21-22-15/h7-8,10,13H,4-6,9,11H2,1-3H3,(H,21,22). The second-order valence-corrected chi connectivity index (χ2v) is 6.95. The summed E-state index contributed by atoms with van der Waals surface area (Å²) < 4.78 is 7.07. The van der Waals surface area contributed by atoms with E-state index in [1.165, 1.54) is 0 Å². The third-order valence-corrected chi connectivity index (χ3v) is 5.19.